The quantitative estimate of drug-likeness (QED) is 0.936. The lowest BCUT2D eigenvalue weighted by atomic mass is 9.64. The molecule has 1 saturated heterocycles. The van der Waals surface area contributed by atoms with Crippen molar-refractivity contribution >= 4 is 0 Å². The zero-order valence-electron chi connectivity index (χ0n) is 12.7. The molecule has 118 valence electrons. The van der Waals surface area contributed by atoms with E-state index in [0.29, 0.717) is 0 Å². The third-order valence-electron chi connectivity index (χ3n) is 4.73. The lowest BCUT2D eigenvalue weighted by Crippen LogP contribution is -2.41. The SMILES string of the molecule is N#CC(c1ccc(F)cc1)(c1ccc(F)cc1)C1CCNCC1. The summed E-state index contributed by atoms with van der Waals surface area (Å²) >= 11 is 0. The first-order valence-corrected chi connectivity index (χ1v) is 7.81. The molecule has 0 aromatic heterocycles. The van der Waals surface area contributed by atoms with Gasteiger partial charge in [0.05, 0.1) is 6.07 Å². The van der Waals surface area contributed by atoms with Gasteiger partial charge in [-0.15, -0.1) is 0 Å². The normalized spacial score (nSPS) is 16.0. The van der Waals surface area contributed by atoms with Crippen LogP contribution in [0.15, 0.2) is 48.5 Å². The second-order valence-electron chi connectivity index (χ2n) is 5.96. The summed E-state index contributed by atoms with van der Waals surface area (Å²) < 4.78 is 26.7. The molecule has 2 aromatic carbocycles. The number of piperidine rings is 1. The largest absolute Gasteiger partial charge is 0.317 e. The fraction of sp³-hybridized carbons (Fsp3) is 0.316. The van der Waals surface area contributed by atoms with Crippen molar-refractivity contribution in [2.45, 2.75) is 18.3 Å². The van der Waals surface area contributed by atoms with Gasteiger partial charge >= 0.3 is 0 Å². The van der Waals surface area contributed by atoms with Crippen LogP contribution in [0.5, 0.6) is 0 Å². The van der Waals surface area contributed by atoms with E-state index in [1.807, 2.05) is 0 Å². The molecule has 0 amide bonds. The first-order chi connectivity index (χ1) is 11.2. The maximum atomic E-state index is 13.3. The predicted octanol–water partition coefficient (Wildman–Crippen LogP) is 3.77. The molecular weight excluding hydrogens is 294 g/mol. The molecule has 1 aliphatic heterocycles. The molecule has 0 radical (unpaired) electrons. The molecule has 1 N–H and O–H groups in total. The van der Waals surface area contributed by atoms with Crippen molar-refractivity contribution in [3.05, 3.63) is 71.3 Å². The van der Waals surface area contributed by atoms with Crippen LogP contribution in [0.2, 0.25) is 0 Å². The molecule has 4 heteroatoms. The summed E-state index contributed by atoms with van der Waals surface area (Å²) in [6, 6.07) is 14.7. The summed E-state index contributed by atoms with van der Waals surface area (Å²) in [6.07, 6.45) is 1.70. The Morgan fingerprint density at radius 2 is 1.30 bits per heavy atom. The van der Waals surface area contributed by atoms with Crippen LogP contribution in [0, 0.1) is 28.9 Å². The van der Waals surface area contributed by atoms with E-state index in [9.17, 15) is 14.0 Å². The van der Waals surface area contributed by atoms with Gasteiger partial charge < -0.3 is 5.32 Å². The van der Waals surface area contributed by atoms with Gasteiger partial charge in [0, 0.05) is 0 Å². The standard InChI is InChI=1S/C19H18F2N2/c20-17-5-1-14(2-6-17)19(13-22,16-9-11-23-12-10-16)15-3-7-18(21)8-4-15/h1-8,16,23H,9-12H2. The van der Waals surface area contributed by atoms with Gasteiger partial charge in [0.2, 0.25) is 0 Å². The Morgan fingerprint density at radius 1 is 0.870 bits per heavy atom. The van der Waals surface area contributed by atoms with E-state index in [1.54, 1.807) is 24.3 Å². The van der Waals surface area contributed by atoms with E-state index >= 15 is 0 Å². The van der Waals surface area contributed by atoms with Gasteiger partial charge in [0.25, 0.3) is 0 Å². The number of nitrogens with zero attached hydrogens (tertiary/aromatic N) is 1. The van der Waals surface area contributed by atoms with Crippen molar-refractivity contribution in [1.29, 1.82) is 5.26 Å². The molecule has 1 heterocycles. The van der Waals surface area contributed by atoms with Gasteiger partial charge in [0.1, 0.15) is 17.0 Å². The highest BCUT2D eigenvalue weighted by molar-refractivity contribution is 5.47. The molecule has 0 aliphatic carbocycles. The molecule has 2 nitrogen and oxygen atoms in total. The van der Waals surface area contributed by atoms with E-state index in [4.69, 9.17) is 0 Å². The Labute approximate surface area is 134 Å². The van der Waals surface area contributed by atoms with Crippen LogP contribution >= 0.6 is 0 Å². The molecule has 2 aromatic rings. The third-order valence-corrected chi connectivity index (χ3v) is 4.73. The van der Waals surface area contributed by atoms with Crippen LogP contribution in [0.3, 0.4) is 0 Å². The van der Waals surface area contributed by atoms with Crippen LogP contribution in [-0.4, -0.2) is 13.1 Å². The van der Waals surface area contributed by atoms with E-state index in [2.05, 4.69) is 11.4 Å². The Hall–Kier alpha value is -2.25. The van der Waals surface area contributed by atoms with Gasteiger partial charge in [-0.3, -0.25) is 0 Å². The summed E-state index contributed by atoms with van der Waals surface area (Å²) in [5.41, 5.74) is 0.642. The second kappa shape index (κ2) is 6.47. The molecule has 0 unspecified atom stereocenters. The maximum Gasteiger partial charge on any atom is 0.123 e. The number of hydrogen-bond donors (Lipinski definition) is 1. The Kier molecular flexibility index (Phi) is 4.40. The topological polar surface area (TPSA) is 35.8 Å². The fourth-order valence-corrected chi connectivity index (χ4v) is 3.54. The van der Waals surface area contributed by atoms with E-state index in [-0.39, 0.29) is 17.6 Å². The summed E-state index contributed by atoms with van der Waals surface area (Å²) in [5, 5.41) is 13.4. The van der Waals surface area contributed by atoms with Crippen molar-refractivity contribution in [3.8, 4) is 6.07 Å². The number of halogens is 2. The van der Waals surface area contributed by atoms with Gasteiger partial charge in [-0.05, 0) is 67.2 Å². The van der Waals surface area contributed by atoms with Crippen molar-refractivity contribution in [1.82, 2.24) is 5.32 Å². The first-order valence-electron chi connectivity index (χ1n) is 7.81. The average Bonchev–Trinajstić information content (AvgIpc) is 2.60. The molecule has 0 bridgehead atoms. The van der Waals surface area contributed by atoms with Crippen LogP contribution in [0.4, 0.5) is 8.78 Å². The van der Waals surface area contributed by atoms with Crippen LogP contribution in [0.25, 0.3) is 0 Å². The number of benzene rings is 2. The zero-order chi connectivity index (χ0) is 16.3. The van der Waals surface area contributed by atoms with Gasteiger partial charge in [-0.2, -0.15) is 5.26 Å². The highest BCUT2D eigenvalue weighted by atomic mass is 19.1. The molecule has 1 aliphatic rings. The summed E-state index contributed by atoms with van der Waals surface area (Å²) in [7, 11) is 0. The van der Waals surface area contributed by atoms with E-state index in [0.717, 1.165) is 37.1 Å². The minimum atomic E-state index is -0.885. The zero-order valence-corrected chi connectivity index (χ0v) is 12.7. The van der Waals surface area contributed by atoms with E-state index in [1.165, 1.54) is 24.3 Å². The lowest BCUT2D eigenvalue weighted by Gasteiger charge is -2.38. The molecule has 3 rings (SSSR count). The van der Waals surface area contributed by atoms with Crippen molar-refractivity contribution in [3.63, 3.8) is 0 Å². The molecule has 0 atom stereocenters. The molecule has 0 saturated carbocycles. The van der Waals surface area contributed by atoms with Crippen molar-refractivity contribution in [2.24, 2.45) is 5.92 Å². The predicted molar refractivity (Wildman–Crippen MR) is 84.8 cm³/mol. The van der Waals surface area contributed by atoms with E-state index < -0.39 is 5.41 Å². The van der Waals surface area contributed by atoms with Crippen molar-refractivity contribution in [2.75, 3.05) is 13.1 Å². The first kappa shape index (κ1) is 15.6. The number of hydrogen-bond acceptors (Lipinski definition) is 2. The monoisotopic (exact) mass is 312 g/mol. The Morgan fingerprint density at radius 3 is 1.70 bits per heavy atom. The molecular formula is C19H18F2N2. The molecule has 1 fully saturated rings. The maximum absolute atomic E-state index is 13.3. The van der Waals surface area contributed by atoms with Gasteiger partial charge in [-0.25, -0.2) is 8.78 Å². The highest BCUT2D eigenvalue weighted by Gasteiger charge is 2.42. The molecule has 23 heavy (non-hydrogen) atoms. The fourth-order valence-electron chi connectivity index (χ4n) is 3.54. The average molecular weight is 312 g/mol. The summed E-state index contributed by atoms with van der Waals surface area (Å²) in [5.74, 6) is -0.556. The van der Waals surface area contributed by atoms with Crippen molar-refractivity contribution < 1.29 is 8.78 Å². The minimum absolute atomic E-state index is 0.102. The third kappa shape index (κ3) is 2.85. The Bertz CT molecular complexity index is 650. The van der Waals surface area contributed by atoms with Gasteiger partial charge in [0.15, 0.2) is 0 Å². The Balaban J connectivity index is 2.16. The second-order valence-corrected chi connectivity index (χ2v) is 5.96. The molecule has 0 spiro atoms. The smallest absolute Gasteiger partial charge is 0.123 e. The number of rotatable bonds is 3. The van der Waals surface area contributed by atoms with Crippen LogP contribution in [0.1, 0.15) is 24.0 Å². The lowest BCUT2D eigenvalue weighted by molar-refractivity contribution is 0.295. The number of nitrogens with one attached hydrogen (secondary N) is 1. The summed E-state index contributed by atoms with van der Waals surface area (Å²) in [6.45, 7) is 1.69. The van der Waals surface area contributed by atoms with Gasteiger partial charge in [-0.1, -0.05) is 24.3 Å². The highest BCUT2D eigenvalue weighted by Crippen LogP contribution is 2.43. The summed E-state index contributed by atoms with van der Waals surface area (Å²) in [4.78, 5) is 0. The van der Waals surface area contributed by atoms with Crippen LogP contribution < -0.4 is 5.32 Å². The number of nitriles is 1. The minimum Gasteiger partial charge on any atom is -0.317 e. The van der Waals surface area contributed by atoms with Crippen LogP contribution in [-0.2, 0) is 5.41 Å².